The Morgan fingerprint density at radius 2 is 1.77 bits per heavy atom. The van der Waals surface area contributed by atoms with Gasteiger partial charge in [-0.2, -0.15) is 11.8 Å². The number of carbonyl (C=O) groups is 5. The standard InChI is InChI=1S/C18H31N5O7S/c1-31-8-6-11(17(28)23-7-2-3-13(23)18(29)30)21-16(27)12(9-24)22-15(26)10(19)4-5-14(20)25/h10-13,24H,2-9,19H2,1H3,(H2,20,25)(H,21,27)(H,22,26)(H,29,30). The molecule has 1 fully saturated rings. The number of primary amides is 1. The zero-order valence-corrected chi connectivity index (χ0v) is 18.2. The molecule has 1 aliphatic heterocycles. The molecule has 4 unspecified atom stereocenters. The van der Waals surface area contributed by atoms with Gasteiger partial charge >= 0.3 is 5.97 Å². The third-order valence-corrected chi connectivity index (χ3v) is 5.54. The normalized spacial score (nSPS) is 18.7. The van der Waals surface area contributed by atoms with Crippen LogP contribution in [-0.2, 0) is 24.0 Å². The lowest BCUT2D eigenvalue weighted by molar-refractivity contribution is -0.149. The number of thioether (sulfide) groups is 1. The number of hydrogen-bond donors (Lipinski definition) is 6. The van der Waals surface area contributed by atoms with Crippen LogP contribution < -0.4 is 22.1 Å². The Morgan fingerprint density at radius 1 is 1.13 bits per heavy atom. The van der Waals surface area contributed by atoms with E-state index in [-0.39, 0.29) is 25.8 Å². The molecular formula is C18H31N5O7S. The van der Waals surface area contributed by atoms with Crippen molar-refractivity contribution in [2.45, 2.75) is 56.3 Å². The van der Waals surface area contributed by atoms with Crippen LogP contribution in [0.4, 0.5) is 0 Å². The van der Waals surface area contributed by atoms with Crippen molar-refractivity contribution in [2.24, 2.45) is 11.5 Å². The van der Waals surface area contributed by atoms with Gasteiger partial charge in [-0.1, -0.05) is 0 Å². The molecule has 0 bridgehead atoms. The molecule has 0 aromatic heterocycles. The number of amides is 4. The summed E-state index contributed by atoms with van der Waals surface area (Å²) >= 11 is 1.45. The van der Waals surface area contributed by atoms with Crippen molar-refractivity contribution in [3.8, 4) is 0 Å². The Hall–Kier alpha value is -2.38. The molecule has 0 radical (unpaired) electrons. The van der Waals surface area contributed by atoms with E-state index in [2.05, 4.69) is 10.6 Å². The number of aliphatic carboxylic acids is 1. The molecule has 12 nitrogen and oxygen atoms in total. The fourth-order valence-electron chi connectivity index (χ4n) is 3.15. The van der Waals surface area contributed by atoms with Crippen LogP contribution in [0.5, 0.6) is 0 Å². The second-order valence-electron chi connectivity index (χ2n) is 7.23. The van der Waals surface area contributed by atoms with E-state index in [1.165, 1.54) is 16.7 Å². The second-order valence-corrected chi connectivity index (χ2v) is 8.21. The highest BCUT2D eigenvalue weighted by atomic mass is 32.2. The second kappa shape index (κ2) is 13.1. The lowest BCUT2D eigenvalue weighted by Crippen LogP contribution is -2.58. The van der Waals surface area contributed by atoms with E-state index < -0.39 is 60.4 Å². The number of nitrogens with zero attached hydrogens (tertiary/aromatic N) is 1. The first-order valence-electron chi connectivity index (χ1n) is 9.90. The maximum atomic E-state index is 12.9. The van der Waals surface area contributed by atoms with Crippen LogP contribution in [0.3, 0.4) is 0 Å². The minimum absolute atomic E-state index is 0.0265. The Balaban J connectivity index is 2.81. The summed E-state index contributed by atoms with van der Waals surface area (Å²) in [4.78, 5) is 61.1. The van der Waals surface area contributed by atoms with Gasteiger partial charge in [0.1, 0.15) is 18.1 Å². The summed E-state index contributed by atoms with van der Waals surface area (Å²) in [6.07, 6.45) is 2.81. The first-order chi connectivity index (χ1) is 14.6. The van der Waals surface area contributed by atoms with Gasteiger partial charge in [-0.25, -0.2) is 4.79 Å². The van der Waals surface area contributed by atoms with E-state index in [0.29, 0.717) is 18.6 Å². The molecular weight excluding hydrogens is 430 g/mol. The Morgan fingerprint density at radius 3 is 2.32 bits per heavy atom. The van der Waals surface area contributed by atoms with E-state index in [0.717, 1.165) is 0 Å². The van der Waals surface area contributed by atoms with Crippen LogP contribution in [0.25, 0.3) is 0 Å². The van der Waals surface area contributed by atoms with Crippen molar-refractivity contribution in [3.05, 3.63) is 0 Å². The smallest absolute Gasteiger partial charge is 0.326 e. The fraction of sp³-hybridized carbons (Fsp3) is 0.722. The Bertz CT molecular complexity index is 678. The van der Waals surface area contributed by atoms with Crippen LogP contribution in [0.1, 0.15) is 32.1 Å². The maximum absolute atomic E-state index is 12.9. The predicted octanol–water partition coefficient (Wildman–Crippen LogP) is -2.63. The van der Waals surface area contributed by atoms with Gasteiger partial charge in [0.2, 0.25) is 23.6 Å². The zero-order chi connectivity index (χ0) is 23.6. The third-order valence-electron chi connectivity index (χ3n) is 4.90. The molecule has 8 N–H and O–H groups in total. The summed E-state index contributed by atoms with van der Waals surface area (Å²) in [6.45, 7) is -0.471. The highest BCUT2D eigenvalue weighted by molar-refractivity contribution is 7.98. The minimum atomic E-state index is -1.37. The molecule has 0 aromatic carbocycles. The minimum Gasteiger partial charge on any atom is -0.480 e. The van der Waals surface area contributed by atoms with Crippen molar-refractivity contribution < 1.29 is 34.2 Å². The van der Waals surface area contributed by atoms with Crippen LogP contribution in [-0.4, -0.2) is 94.0 Å². The zero-order valence-electron chi connectivity index (χ0n) is 17.4. The number of rotatable bonds is 13. The van der Waals surface area contributed by atoms with E-state index in [1.807, 2.05) is 6.26 Å². The number of nitrogens with one attached hydrogen (secondary N) is 2. The average molecular weight is 462 g/mol. The number of aliphatic hydroxyl groups is 1. The van der Waals surface area contributed by atoms with Crippen molar-refractivity contribution >= 4 is 41.4 Å². The molecule has 31 heavy (non-hydrogen) atoms. The van der Waals surface area contributed by atoms with Gasteiger partial charge in [-0.05, 0) is 37.7 Å². The largest absolute Gasteiger partial charge is 0.480 e. The number of carboxylic acid groups (broad SMARTS) is 1. The fourth-order valence-corrected chi connectivity index (χ4v) is 3.63. The SMILES string of the molecule is CSCCC(NC(=O)C(CO)NC(=O)C(N)CCC(N)=O)C(=O)N1CCCC1C(=O)O. The maximum Gasteiger partial charge on any atom is 0.326 e. The highest BCUT2D eigenvalue weighted by Gasteiger charge is 2.38. The van der Waals surface area contributed by atoms with Crippen LogP contribution in [0.15, 0.2) is 0 Å². The third kappa shape index (κ3) is 8.34. The number of carboxylic acids is 1. The molecule has 0 aliphatic carbocycles. The monoisotopic (exact) mass is 461 g/mol. The molecule has 0 aromatic rings. The Kier molecular flexibility index (Phi) is 11.3. The average Bonchev–Trinajstić information content (AvgIpc) is 3.22. The van der Waals surface area contributed by atoms with Crippen LogP contribution in [0.2, 0.25) is 0 Å². The van der Waals surface area contributed by atoms with Crippen molar-refractivity contribution in [1.82, 2.24) is 15.5 Å². The number of likely N-dealkylation sites (tertiary alicyclic amines) is 1. The first-order valence-corrected chi connectivity index (χ1v) is 11.3. The summed E-state index contributed by atoms with van der Waals surface area (Å²) in [5.41, 5.74) is 10.7. The Labute approximate surface area is 184 Å². The molecule has 1 aliphatic rings. The van der Waals surface area contributed by atoms with E-state index >= 15 is 0 Å². The summed E-state index contributed by atoms with van der Waals surface area (Å²) in [5.74, 6) is -3.29. The molecule has 4 amide bonds. The predicted molar refractivity (Wildman–Crippen MR) is 113 cm³/mol. The van der Waals surface area contributed by atoms with Gasteiger partial charge in [0.15, 0.2) is 0 Å². The molecule has 1 saturated heterocycles. The lowest BCUT2D eigenvalue weighted by Gasteiger charge is -2.28. The van der Waals surface area contributed by atoms with Crippen LogP contribution >= 0.6 is 11.8 Å². The summed E-state index contributed by atoms with van der Waals surface area (Å²) < 4.78 is 0. The van der Waals surface area contributed by atoms with Gasteiger partial charge in [-0.15, -0.1) is 0 Å². The van der Waals surface area contributed by atoms with Crippen molar-refractivity contribution in [2.75, 3.05) is 25.2 Å². The number of hydrogen-bond acceptors (Lipinski definition) is 8. The van der Waals surface area contributed by atoms with Crippen molar-refractivity contribution in [3.63, 3.8) is 0 Å². The summed E-state index contributed by atoms with van der Waals surface area (Å²) in [6, 6.07) is -4.43. The number of carbonyl (C=O) groups excluding carboxylic acids is 4. The van der Waals surface area contributed by atoms with Gasteiger partial charge in [0.05, 0.1) is 12.6 Å². The van der Waals surface area contributed by atoms with Gasteiger partial charge < -0.3 is 37.2 Å². The van der Waals surface area contributed by atoms with Crippen LogP contribution in [0, 0.1) is 0 Å². The van der Waals surface area contributed by atoms with Gasteiger partial charge in [0.25, 0.3) is 0 Å². The summed E-state index contributed by atoms with van der Waals surface area (Å²) in [5, 5.41) is 23.6. The van der Waals surface area contributed by atoms with E-state index in [4.69, 9.17) is 11.5 Å². The topological polar surface area (TPSA) is 205 Å². The molecule has 1 heterocycles. The number of aliphatic hydroxyl groups excluding tert-OH is 1. The molecule has 13 heteroatoms. The lowest BCUT2D eigenvalue weighted by atomic mass is 10.1. The molecule has 176 valence electrons. The molecule has 1 rings (SSSR count). The van der Waals surface area contributed by atoms with Gasteiger partial charge in [-0.3, -0.25) is 19.2 Å². The van der Waals surface area contributed by atoms with Gasteiger partial charge in [0, 0.05) is 13.0 Å². The molecule has 4 atom stereocenters. The molecule has 0 spiro atoms. The quantitative estimate of drug-likeness (QED) is 0.169. The van der Waals surface area contributed by atoms with E-state index in [9.17, 15) is 34.2 Å². The van der Waals surface area contributed by atoms with E-state index in [1.54, 1.807) is 0 Å². The number of nitrogens with two attached hydrogens (primary N) is 2. The highest BCUT2D eigenvalue weighted by Crippen LogP contribution is 2.19. The molecule has 0 saturated carbocycles. The first kappa shape index (κ1) is 26.7. The summed E-state index contributed by atoms with van der Waals surface area (Å²) in [7, 11) is 0. The van der Waals surface area contributed by atoms with Crippen molar-refractivity contribution in [1.29, 1.82) is 0 Å².